The van der Waals surface area contributed by atoms with Gasteiger partial charge in [0.1, 0.15) is 5.75 Å². The zero-order chi connectivity index (χ0) is 16.9. The second-order valence-corrected chi connectivity index (χ2v) is 5.30. The van der Waals surface area contributed by atoms with E-state index in [2.05, 4.69) is 4.74 Å². The van der Waals surface area contributed by atoms with Crippen molar-refractivity contribution in [2.24, 2.45) is 11.7 Å². The third-order valence-electron chi connectivity index (χ3n) is 3.50. The van der Waals surface area contributed by atoms with Crippen LogP contribution in [0.2, 0.25) is 0 Å². The molecule has 0 radical (unpaired) electrons. The number of nitrogens with two attached hydrogens (primary N) is 1. The van der Waals surface area contributed by atoms with Gasteiger partial charge >= 0.3 is 6.36 Å². The minimum absolute atomic E-state index is 0. The highest BCUT2D eigenvalue weighted by molar-refractivity contribution is 5.85. The molecule has 0 aromatic heterocycles. The fourth-order valence-electron chi connectivity index (χ4n) is 1.90. The Morgan fingerprint density at radius 3 is 2.26 bits per heavy atom. The van der Waals surface area contributed by atoms with Gasteiger partial charge in [0.25, 0.3) is 0 Å². The molecule has 132 valence electrons. The zero-order valence-electron chi connectivity index (χ0n) is 13.3. The lowest BCUT2D eigenvalue weighted by Gasteiger charge is -2.24. The molecular weight excluding hydrogens is 333 g/mol. The smallest absolute Gasteiger partial charge is 0.406 e. The van der Waals surface area contributed by atoms with Crippen molar-refractivity contribution < 1.29 is 22.7 Å². The minimum Gasteiger partial charge on any atom is -0.406 e. The number of carbonyl (C=O) groups excluding carboxylic acids is 1. The first-order valence-electron chi connectivity index (χ1n) is 6.99. The Labute approximate surface area is 140 Å². The highest BCUT2D eigenvalue weighted by atomic mass is 35.5. The number of rotatable bonds is 6. The van der Waals surface area contributed by atoms with Crippen LogP contribution in [0.4, 0.5) is 13.2 Å². The summed E-state index contributed by atoms with van der Waals surface area (Å²) in [5, 5.41) is 0. The molecule has 4 nitrogen and oxygen atoms in total. The summed E-state index contributed by atoms with van der Waals surface area (Å²) in [5.41, 5.74) is 6.58. The number of halogens is 4. The maximum atomic E-state index is 12.1. The molecule has 0 saturated heterocycles. The first kappa shape index (κ1) is 21.5. The summed E-state index contributed by atoms with van der Waals surface area (Å²) in [4.78, 5) is 13.6. The van der Waals surface area contributed by atoms with E-state index in [1.807, 2.05) is 13.8 Å². The van der Waals surface area contributed by atoms with Gasteiger partial charge in [-0.2, -0.15) is 0 Å². The Balaban J connectivity index is 0.00000484. The minimum atomic E-state index is -4.71. The third kappa shape index (κ3) is 7.09. The van der Waals surface area contributed by atoms with Crippen LogP contribution in [0.1, 0.15) is 25.8 Å². The number of likely N-dealkylation sites (N-methyl/N-ethyl adjacent to an activating group) is 1. The molecule has 2 N–H and O–H groups in total. The highest BCUT2D eigenvalue weighted by Gasteiger charge is 2.31. The Hall–Kier alpha value is -1.47. The van der Waals surface area contributed by atoms with Crippen molar-refractivity contribution >= 4 is 18.3 Å². The van der Waals surface area contributed by atoms with Crippen LogP contribution >= 0.6 is 12.4 Å². The van der Waals surface area contributed by atoms with Gasteiger partial charge < -0.3 is 15.4 Å². The number of hydrogen-bond acceptors (Lipinski definition) is 3. The molecule has 2 unspecified atom stereocenters. The van der Waals surface area contributed by atoms with Gasteiger partial charge in [0.05, 0.1) is 6.04 Å². The summed E-state index contributed by atoms with van der Waals surface area (Å²) >= 11 is 0. The largest absolute Gasteiger partial charge is 0.573 e. The standard InChI is InChI=1S/C15H21F3N2O2.ClH/c1-4-10(2)13(19)14(21)20(3)9-11-5-7-12(8-6-11)22-15(16,17)18;/h5-8,10,13H,4,9,19H2,1-3H3;1H. The average Bonchev–Trinajstić information content (AvgIpc) is 2.45. The van der Waals surface area contributed by atoms with E-state index >= 15 is 0 Å². The molecule has 0 spiro atoms. The number of ether oxygens (including phenoxy) is 1. The zero-order valence-corrected chi connectivity index (χ0v) is 14.1. The van der Waals surface area contributed by atoms with Gasteiger partial charge in [-0.15, -0.1) is 25.6 Å². The SMILES string of the molecule is CCC(C)C(N)C(=O)N(C)Cc1ccc(OC(F)(F)F)cc1.Cl. The third-order valence-corrected chi connectivity index (χ3v) is 3.50. The van der Waals surface area contributed by atoms with Crippen molar-refractivity contribution in [3.63, 3.8) is 0 Å². The number of benzene rings is 1. The van der Waals surface area contributed by atoms with E-state index in [4.69, 9.17) is 5.73 Å². The Kier molecular flexibility index (Phi) is 8.41. The van der Waals surface area contributed by atoms with Gasteiger partial charge in [-0.1, -0.05) is 32.4 Å². The van der Waals surface area contributed by atoms with Crippen molar-refractivity contribution in [1.82, 2.24) is 4.90 Å². The van der Waals surface area contributed by atoms with E-state index in [9.17, 15) is 18.0 Å². The van der Waals surface area contributed by atoms with Gasteiger partial charge in [-0.05, 0) is 23.6 Å². The van der Waals surface area contributed by atoms with Crippen molar-refractivity contribution in [3.05, 3.63) is 29.8 Å². The maximum Gasteiger partial charge on any atom is 0.573 e. The van der Waals surface area contributed by atoms with Gasteiger partial charge in [-0.3, -0.25) is 4.79 Å². The highest BCUT2D eigenvalue weighted by Crippen LogP contribution is 2.23. The fraction of sp³-hybridized carbons (Fsp3) is 0.533. The van der Waals surface area contributed by atoms with Crippen molar-refractivity contribution in [1.29, 1.82) is 0 Å². The van der Waals surface area contributed by atoms with Gasteiger partial charge in [0, 0.05) is 13.6 Å². The number of hydrogen-bond donors (Lipinski definition) is 1. The average molecular weight is 355 g/mol. The van der Waals surface area contributed by atoms with Crippen LogP contribution < -0.4 is 10.5 Å². The Bertz CT molecular complexity index is 494. The van der Waals surface area contributed by atoms with Gasteiger partial charge in [0.15, 0.2) is 0 Å². The molecule has 1 amide bonds. The molecule has 0 saturated carbocycles. The quantitative estimate of drug-likeness (QED) is 0.852. The van der Waals surface area contributed by atoms with E-state index in [1.54, 1.807) is 7.05 Å². The van der Waals surface area contributed by atoms with E-state index in [0.717, 1.165) is 6.42 Å². The van der Waals surface area contributed by atoms with Crippen LogP contribution in [0, 0.1) is 5.92 Å². The number of carbonyl (C=O) groups is 1. The normalized spacial score (nSPS) is 13.7. The lowest BCUT2D eigenvalue weighted by Crippen LogP contribution is -2.45. The van der Waals surface area contributed by atoms with E-state index in [-0.39, 0.29) is 36.5 Å². The predicted octanol–water partition coefficient (Wildman–Crippen LogP) is 3.34. The summed E-state index contributed by atoms with van der Waals surface area (Å²) < 4.78 is 40.0. The fourth-order valence-corrected chi connectivity index (χ4v) is 1.90. The molecule has 0 fully saturated rings. The monoisotopic (exact) mass is 354 g/mol. The summed E-state index contributed by atoms with van der Waals surface area (Å²) in [6, 6.07) is 4.83. The Morgan fingerprint density at radius 2 is 1.83 bits per heavy atom. The van der Waals surface area contributed by atoms with Gasteiger partial charge in [0.2, 0.25) is 5.91 Å². The molecule has 0 aliphatic rings. The summed E-state index contributed by atoms with van der Waals surface area (Å²) in [6.07, 6.45) is -3.92. The molecular formula is C15H22ClF3N2O2. The van der Waals surface area contributed by atoms with Crippen LogP contribution in [0.5, 0.6) is 5.75 Å². The lowest BCUT2D eigenvalue weighted by molar-refractivity contribution is -0.274. The molecule has 0 aliphatic heterocycles. The second-order valence-electron chi connectivity index (χ2n) is 5.30. The van der Waals surface area contributed by atoms with Crippen LogP contribution in [0.25, 0.3) is 0 Å². The van der Waals surface area contributed by atoms with Crippen LogP contribution in [-0.4, -0.2) is 30.3 Å². The summed E-state index contributed by atoms with van der Waals surface area (Å²) in [5.74, 6) is -0.413. The van der Waals surface area contributed by atoms with Crippen molar-refractivity contribution in [3.8, 4) is 5.75 Å². The second kappa shape index (κ2) is 8.98. The summed E-state index contributed by atoms with van der Waals surface area (Å²) in [7, 11) is 1.62. The molecule has 23 heavy (non-hydrogen) atoms. The van der Waals surface area contributed by atoms with E-state index < -0.39 is 12.4 Å². The number of amides is 1. The molecule has 1 aromatic carbocycles. The maximum absolute atomic E-state index is 12.1. The van der Waals surface area contributed by atoms with E-state index in [0.29, 0.717) is 5.56 Å². The number of alkyl halides is 3. The molecule has 0 bridgehead atoms. The van der Waals surface area contributed by atoms with Crippen LogP contribution in [-0.2, 0) is 11.3 Å². The van der Waals surface area contributed by atoms with Crippen LogP contribution in [0.3, 0.4) is 0 Å². The molecule has 2 atom stereocenters. The van der Waals surface area contributed by atoms with Crippen LogP contribution in [0.15, 0.2) is 24.3 Å². The topological polar surface area (TPSA) is 55.6 Å². The first-order valence-corrected chi connectivity index (χ1v) is 6.99. The Morgan fingerprint density at radius 1 is 1.30 bits per heavy atom. The van der Waals surface area contributed by atoms with Crippen molar-refractivity contribution in [2.75, 3.05) is 7.05 Å². The molecule has 0 heterocycles. The molecule has 0 aliphatic carbocycles. The van der Waals surface area contributed by atoms with Crippen molar-refractivity contribution in [2.45, 2.75) is 39.2 Å². The van der Waals surface area contributed by atoms with Gasteiger partial charge in [-0.25, -0.2) is 0 Å². The first-order chi connectivity index (χ1) is 10.1. The lowest BCUT2D eigenvalue weighted by atomic mass is 9.99. The molecule has 1 rings (SSSR count). The molecule has 1 aromatic rings. The molecule has 8 heteroatoms. The number of nitrogens with zero attached hydrogens (tertiary/aromatic N) is 1. The predicted molar refractivity (Wildman–Crippen MR) is 84.3 cm³/mol. The summed E-state index contributed by atoms with van der Waals surface area (Å²) in [6.45, 7) is 4.13. The van der Waals surface area contributed by atoms with E-state index in [1.165, 1.54) is 29.2 Å².